The molecule has 1 saturated heterocycles. The van der Waals surface area contributed by atoms with Gasteiger partial charge in [0.05, 0.1) is 19.1 Å². The van der Waals surface area contributed by atoms with Gasteiger partial charge in [-0.3, -0.25) is 14.4 Å². The molecule has 0 saturated carbocycles. The third-order valence-corrected chi connectivity index (χ3v) is 5.53. The van der Waals surface area contributed by atoms with Crippen LogP contribution in [0.15, 0.2) is 54.6 Å². The van der Waals surface area contributed by atoms with E-state index in [-0.39, 0.29) is 30.2 Å². The number of benzene rings is 2. The number of likely N-dealkylation sites (N-methyl/N-ethyl adjacent to an activating group) is 1. The minimum Gasteiger partial charge on any atom is -0.466 e. The molecule has 1 heterocycles. The van der Waals surface area contributed by atoms with Crippen LogP contribution in [0, 0.1) is 5.92 Å². The Balaban J connectivity index is 1.51. The maximum absolute atomic E-state index is 12.8. The first-order valence-electron chi connectivity index (χ1n) is 11.3. The molecular formula is C25H30N4O5. The van der Waals surface area contributed by atoms with E-state index in [0.29, 0.717) is 43.1 Å². The van der Waals surface area contributed by atoms with Crippen molar-refractivity contribution in [3.63, 3.8) is 0 Å². The molecule has 0 aromatic heterocycles. The lowest BCUT2D eigenvalue weighted by Crippen LogP contribution is -2.47. The number of carbonyl (C=O) groups excluding carboxylic acids is 4. The minimum absolute atomic E-state index is 0.0894. The highest BCUT2D eigenvalue weighted by Crippen LogP contribution is 2.19. The van der Waals surface area contributed by atoms with E-state index in [0.717, 1.165) is 6.42 Å². The van der Waals surface area contributed by atoms with Gasteiger partial charge in [0.15, 0.2) is 0 Å². The predicted molar refractivity (Wildman–Crippen MR) is 128 cm³/mol. The normalized spacial score (nSPS) is 15.2. The Labute approximate surface area is 199 Å². The van der Waals surface area contributed by atoms with Crippen LogP contribution in [0.2, 0.25) is 0 Å². The predicted octanol–water partition coefficient (Wildman–Crippen LogP) is 3.20. The van der Waals surface area contributed by atoms with Gasteiger partial charge in [-0.1, -0.05) is 18.2 Å². The Hall–Kier alpha value is -3.88. The summed E-state index contributed by atoms with van der Waals surface area (Å²) < 4.78 is 5.08. The number of hydrogen-bond donors (Lipinski definition) is 2. The maximum atomic E-state index is 12.8. The minimum atomic E-state index is -0.393. The molecule has 4 amide bonds. The summed E-state index contributed by atoms with van der Waals surface area (Å²) in [6.07, 6.45) is 1.42. The second kappa shape index (κ2) is 11.8. The van der Waals surface area contributed by atoms with Gasteiger partial charge >= 0.3 is 12.0 Å². The number of piperidine rings is 1. The highest BCUT2D eigenvalue weighted by molar-refractivity contribution is 6.00. The lowest BCUT2D eigenvalue weighted by molar-refractivity contribution is -0.151. The summed E-state index contributed by atoms with van der Waals surface area (Å²) >= 11 is 0. The van der Waals surface area contributed by atoms with Crippen molar-refractivity contribution in [1.82, 2.24) is 9.80 Å². The van der Waals surface area contributed by atoms with Crippen molar-refractivity contribution in [2.75, 3.05) is 43.9 Å². The zero-order chi connectivity index (χ0) is 24.5. The Morgan fingerprint density at radius 2 is 1.65 bits per heavy atom. The van der Waals surface area contributed by atoms with E-state index in [2.05, 4.69) is 10.6 Å². The van der Waals surface area contributed by atoms with Crippen LogP contribution in [0.1, 0.15) is 30.1 Å². The summed E-state index contributed by atoms with van der Waals surface area (Å²) in [5.41, 5.74) is 1.59. The highest BCUT2D eigenvalue weighted by Gasteiger charge is 2.30. The van der Waals surface area contributed by atoms with Crippen molar-refractivity contribution >= 4 is 35.2 Å². The monoisotopic (exact) mass is 466 g/mol. The lowest BCUT2D eigenvalue weighted by Gasteiger charge is -2.32. The van der Waals surface area contributed by atoms with Crippen molar-refractivity contribution in [2.45, 2.75) is 19.8 Å². The number of nitrogens with zero attached hydrogens (tertiary/aromatic N) is 2. The van der Waals surface area contributed by atoms with Crippen LogP contribution < -0.4 is 10.6 Å². The number of para-hydroxylation sites is 1. The van der Waals surface area contributed by atoms with E-state index in [1.54, 1.807) is 55.3 Å². The van der Waals surface area contributed by atoms with Gasteiger partial charge in [0.2, 0.25) is 5.91 Å². The number of likely N-dealkylation sites (tertiary alicyclic amines) is 1. The van der Waals surface area contributed by atoms with Crippen molar-refractivity contribution in [3.05, 3.63) is 60.2 Å². The van der Waals surface area contributed by atoms with Gasteiger partial charge < -0.3 is 25.2 Å². The number of anilines is 2. The second-order valence-corrected chi connectivity index (χ2v) is 8.11. The summed E-state index contributed by atoms with van der Waals surface area (Å²) in [5.74, 6) is -1.12. The molecule has 3 rings (SSSR count). The van der Waals surface area contributed by atoms with Crippen LogP contribution in [-0.4, -0.2) is 66.9 Å². The lowest BCUT2D eigenvalue weighted by atomic mass is 9.98. The van der Waals surface area contributed by atoms with Gasteiger partial charge in [0.25, 0.3) is 5.91 Å². The number of esters is 1. The molecule has 180 valence electrons. The summed E-state index contributed by atoms with van der Waals surface area (Å²) in [6, 6.07) is 15.1. The average molecular weight is 467 g/mol. The topological polar surface area (TPSA) is 108 Å². The Morgan fingerprint density at radius 3 is 2.29 bits per heavy atom. The fourth-order valence-electron chi connectivity index (χ4n) is 3.76. The third-order valence-electron chi connectivity index (χ3n) is 5.53. The van der Waals surface area contributed by atoms with Crippen LogP contribution in [-0.2, 0) is 14.3 Å². The number of urea groups is 1. The quantitative estimate of drug-likeness (QED) is 0.610. The van der Waals surface area contributed by atoms with E-state index in [1.807, 2.05) is 18.2 Å². The Bertz CT molecular complexity index is 1010. The summed E-state index contributed by atoms with van der Waals surface area (Å²) in [6.45, 7) is 2.85. The molecule has 9 heteroatoms. The molecule has 2 aromatic carbocycles. The molecule has 1 atom stereocenters. The molecule has 0 bridgehead atoms. The van der Waals surface area contributed by atoms with Gasteiger partial charge in [0, 0.05) is 37.1 Å². The molecular weight excluding hydrogens is 436 g/mol. The van der Waals surface area contributed by atoms with E-state index < -0.39 is 6.03 Å². The van der Waals surface area contributed by atoms with Crippen molar-refractivity contribution in [1.29, 1.82) is 0 Å². The first kappa shape index (κ1) is 24.8. The maximum Gasteiger partial charge on any atom is 0.323 e. The number of nitrogens with one attached hydrogen (secondary N) is 2. The first-order valence-corrected chi connectivity index (χ1v) is 11.3. The molecule has 2 aromatic rings. The molecule has 2 N–H and O–H groups in total. The van der Waals surface area contributed by atoms with Crippen LogP contribution in [0.4, 0.5) is 16.2 Å². The average Bonchev–Trinajstić information content (AvgIpc) is 2.84. The Kier molecular flexibility index (Phi) is 8.61. The molecule has 1 aliphatic heterocycles. The zero-order valence-corrected chi connectivity index (χ0v) is 19.5. The van der Waals surface area contributed by atoms with Crippen molar-refractivity contribution in [2.24, 2.45) is 5.92 Å². The second-order valence-electron chi connectivity index (χ2n) is 8.11. The smallest absolute Gasteiger partial charge is 0.323 e. The molecule has 1 unspecified atom stereocenters. The third kappa shape index (κ3) is 6.81. The molecule has 0 radical (unpaired) electrons. The number of amides is 4. The van der Waals surface area contributed by atoms with E-state index >= 15 is 0 Å². The molecule has 0 aliphatic carbocycles. The van der Waals surface area contributed by atoms with Crippen LogP contribution >= 0.6 is 0 Å². The highest BCUT2D eigenvalue weighted by atomic mass is 16.5. The SMILES string of the molecule is CCOC(=O)C1CCCN(C(=O)CN(C)C(=O)c2ccc(NC(=O)Nc3ccccc3)cc2)C1. The molecule has 1 aliphatic rings. The van der Waals surface area contributed by atoms with Crippen molar-refractivity contribution in [3.8, 4) is 0 Å². The van der Waals surface area contributed by atoms with Crippen molar-refractivity contribution < 1.29 is 23.9 Å². The summed E-state index contributed by atoms with van der Waals surface area (Å²) in [4.78, 5) is 52.6. The van der Waals surface area contributed by atoms with E-state index in [4.69, 9.17) is 4.74 Å². The van der Waals surface area contributed by atoms with Gasteiger partial charge in [-0.05, 0) is 56.2 Å². The largest absolute Gasteiger partial charge is 0.466 e. The molecule has 1 fully saturated rings. The Morgan fingerprint density at radius 1 is 1.00 bits per heavy atom. The zero-order valence-electron chi connectivity index (χ0n) is 19.5. The fourth-order valence-corrected chi connectivity index (χ4v) is 3.76. The van der Waals surface area contributed by atoms with Gasteiger partial charge in [-0.2, -0.15) is 0 Å². The molecule has 9 nitrogen and oxygen atoms in total. The van der Waals surface area contributed by atoms with Gasteiger partial charge in [-0.25, -0.2) is 4.79 Å². The number of rotatable bonds is 7. The van der Waals surface area contributed by atoms with Crippen LogP contribution in [0.3, 0.4) is 0 Å². The van der Waals surface area contributed by atoms with Crippen LogP contribution in [0.25, 0.3) is 0 Å². The first-order chi connectivity index (χ1) is 16.4. The number of carbonyl (C=O) groups is 4. The molecule has 0 spiro atoms. The summed E-state index contributed by atoms with van der Waals surface area (Å²) in [5, 5.41) is 5.43. The van der Waals surface area contributed by atoms with E-state index in [9.17, 15) is 19.2 Å². The molecule has 34 heavy (non-hydrogen) atoms. The van der Waals surface area contributed by atoms with E-state index in [1.165, 1.54) is 4.90 Å². The number of hydrogen-bond acceptors (Lipinski definition) is 5. The fraction of sp³-hybridized carbons (Fsp3) is 0.360. The summed E-state index contributed by atoms with van der Waals surface area (Å²) in [7, 11) is 1.56. The number of ether oxygens (including phenoxy) is 1. The van der Waals surface area contributed by atoms with Crippen LogP contribution in [0.5, 0.6) is 0 Å². The standard InChI is InChI=1S/C25H30N4O5/c1-3-34-24(32)19-8-7-15-29(16-19)22(30)17-28(2)23(31)18-11-13-21(14-12-18)27-25(33)26-20-9-5-4-6-10-20/h4-6,9-14,19H,3,7-8,15-17H2,1-2H3,(H2,26,27,33). The van der Waals surface area contributed by atoms with Gasteiger partial charge in [0.1, 0.15) is 0 Å². The van der Waals surface area contributed by atoms with Gasteiger partial charge in [-0.15, -0.1) is 0 Å².